The van der Waals surface area contributed by atoms with E-state index in [1.54, 1.807) is 0 Å². The summed E-state index contributed by atoms with van der Waals surface area (Å²) in [5.41, 5.74) is 7.99. The van der Waals surface area contributed by atoms with Gasteiger partial charge in [-0.2, -0.15) is 0 Å². The van der Waals surface area contributed by atoms with Gasteiger partial charge in [0.05, 0.1) is 5.41 Å². The van der Waals surface area contributed by atoms with Gasteiger partial charge in [-0.3, -0.25) is 4.79 Å². The van der Waals surface area contributed by atoms with Gasteiger partial charge in [0, 0.05) is 19.1 Å². The zero-order valence-corrected chi connectivity index (χ0v) is 16.0. The summed E-state index contributed by atoms with van der Waals surface area (Å²) in [6.07, 6.45) is 9.09. The van der Waals surface area contributed by atoms with Crippen molar-refractivity contribution in [2.24, 2.45) is 22.5 Å². The second kappa shape index (κ2) is 5.58. The predicted octanol–water partition coefficient (Wildman–Crippen LogP) is 3.86. The average molecular weight is 353 g/mol. The number of likely N-dealkylation sites (tertiary alicyclic amines) is 1. The molecule has 4 atom stereocenters. The van der Waals surface area contributed by atoms with E-state index >= 15 is 0 Å². The summed E-state index contributed by atoms with van der Waals surface area (Å²) in [5.74, 6) is 1.17. The largest absolute Gasteiger partial charge is 0.342 e. The lowest BCUT2D eigenvalue weighted by Gasteiger charge is -2.66. The van der Waals surface area contributed by atoms with Crippen LogP contribution in [0.4, 0.5) is 0 Å². The summed E-state index contributed by atoms with van der Waals surface area (Å²) in [7, 11) is 0. The van der Waals surface area contributed by atoms with Gasteiger partial charge in [0.25, 0.3) is 0 Å². The molecular formula is C23H32N2O. The molecule has 1 saturated heterocycles. The molecule has 4 saturated carbocycles. The first-order valence-electron chi connectivity index (χ1n) is 10.5. The second-order valence-corrected chi connectivity index (χ2v) is 10.4. The molecule has 3 nitrogen and oxygen atoms in total. The molecule has 140 valence electrons. The quantitative estimate of drug-likeness (QED) is 0.878. The maximum Gasteiger partial charge on any atom is 0.228 e. The number of hydrogen-bond donors (Lipinski definition) is 1. The van der Waals surface area contributed by atoms with E-state index in [0.29, 0.717) is 17.2 Å². The van der Waals surface area contributed by atoms with Crippen LogP contribution in [0, 0.1) is 16.7 Å². The molecule has 2 unspecified atom stereocenters. The van der Waals surface area contributed by atoms with Gasteiger partial charge in [-0.1, -0.05) is 37.3 Å². The third kappa shape index (κ3) is 2.46. The maximum atomic E-state index is 13.8. The fourth-order valence-electron chi connectivity index (χ4n) is 7.71. The molecular weight excluding hydrogens is 320 g/mol. The van der Waals surface area contributed by atoms with E-state index in [9.17, 15) is 4.79 Å². The van der Waals surface area contributed by atoms with E-state index in [-0.39, 0.29) is 16.9 Å². The Kier molecular flexibility index (Phi) is 3.60. The van der Waals surface area contributed by atoms with Gasteiger partial charge >= 0.3 is 0 Å². The van der Waals surface area contributed by atoms with Crippen LogP contribution in [0.2, 0.25) is 0 Å². The Bertz CT molecular complexity index is 710. The van der Waals surface area contributed by atoms with Crippen molar-refractivity contribution in [3.8, 4) is 0 Å². The van der Waals surface area contributed by atoms with E-state index in [1.807, 2.05) is 0 Å². The molecule has 2 N–H and O–H groups in total. The van der Waals surface area contributed by atoms with Crippen LogP contribution in [-0.4, -0.2) is 29.9 Å². The van der Waals surface area contributed by atoms with Gasteiger partial charge in [0.2, 0.25) is 5.91 Å². The van der Waals surface area contributed by atoms with Crippen molar-refractivity contribution < 1.29 is 4.79 Å². The topological polar surface area (TPSA) is 46.3 Å². The number of piperidine rings is 1. The number of amides is 1. The first-order chi connectivity index (χ1) is 12.4. The zero-order chi connectivity index (χ0) is 18.0. The highest BCUT2D eigenvalue weighted by molar-refractivity contribution is 5.84. The molecule has 1 amide bonds. The van der Waals surface area contributed by atoms with Crippen LogP contribution in [0.1, 0.15) is 63.9 Å². The normalized spacial score (nSPS) is 42.2. The molecule has 6 rings (SSSR count). The number of hydrogen-bond acceptors (Lipinski definition) is 2. The average Bonchev–Trinajstić information content (AvgIpc) is 2.60. The Morgan fingerprint density at radius 2 is 1.77 bits per heavy atom. The number of nitrogens with zero attached hydrogens (tertiary/aromatic N) is 1. The maximum absolute atomic E-state index is 13.8. The first-order valence-corrected chi connectivity index (χ1v) is 10.5. The molecule has 1 heterocycles. The smallest absolute Gasteiger partial charge is 0.228 e. The molecule has 5 aliphatic rings. The minimum absolute atomic E-state index is 0.120. The lowest BCUT2D eigenvalue weighted by molar-refractivity contribution is -0.171. The summed E-state index contributed by atoms with van der Waals surface area (Å²) in [4.78, 5) is 15.9. The van der Waals surface area contributed by atoms with Crippen LogP contribution in [0.15, 0.2) is 30.3 Å². The summed E-state index contributed by atoms with van der Waals surface area (Å²) in [6, 6.07) is 11.4. The zero-order valence-electron chi connectivity index (χ0n) is 16.0. The molecule has 3 heteroatoms. The van der Waals surface area contributed by atoms with E-state index in [4.69, 9.17) is 5.73 Å². The van der Waals surface area contributed by atoms with Crippen molar-refractivity contribution in [2.75, 3.05) is 13.1 Å². The number of nitrogens with two attached hydrogens (primary N) is 1. The van der Waals surface area contributed by atoms with E-state index in [1.165, 1.54) is 24.8 Å². The fourth-order valence-corrected chi connectivity index (χ4v) is 7.71. The molecule has 1 aromatic carbocycles. The predicted molar refractivity (Wildman–Crippen MR) is 104 cm³/mol. The Morgan fingerprint density at radius 3 is 2.46 bits per heavy atom. The monoisotopic (exact) mass is 352 g/mol. The van der Waals surface area contributed by atoms with Gasteiger partial charge in [0.15, 0.2) is 0 Å². The third-order valence-electron chi connectivity index (χ3n) is 8.01. The Labute approximate surface area is 157 Å². The summed E-state index contributed by atoms with van der Waals surface area (Å²) in [6.45, 7) is 4.19. The highest BCUT2D eigenvalue weighted by atomic mass is 16.2. The fraction of sp³-hybridized carbons (Fsp3) is 0.696. The van der Waals surface area contributed by atoms with Crippen LogP contribution in [0.25, 0.3) is 0 Å². The summed E-state index contributed by atoms with van der Waals surface area (Å²) in [5, 5.41) is 0. The van der Waals surface area contributed by atoms with Crippen molar-refractivity contribution in [1.82, 2.24) is 4.90 Å². The molecule has 4 bridgehead atoms. The van der Waals surface area contributed by atoms with Crippen LogP contribution in [-0.2, 0) is 10.2 Å². The Morgan fingerprint density at radius 1 is 1.04 bits per heavy atom. The lowest BCUT2D eigenvalue weighted by atomic mass is 9.38. The van der Waals surface area contributed by atoms with E-state index in [2.05, 4.69) is 42.2 Å². The SMILES string of the molecule is C[C@@]12CC3CC(C(=O)N4CCC(N)CC4)(C1)C[C@](c1ccccc1)(C3)C2. The van der Waals surface area contributed by atoms with Gasteiger partial charge in [-0.05, 0) is 73.7 Å². The molecule has 5 fully saturated rings. The van der Waals surface area contributed by atoms with Gasteiger partial charge in [-0.15, -0.1) is 0 Å². The molecule has 1 aromatic rings. The molecule has 0 radical (unpaired) electrons. The van der Waals surface area contributed by atoms with Gasteiger partial charge in [-0.25, -0.2) is 0 Å². The first kappa shape index (κ1) is 16.8. The van der Waals surface area contributed by atoms with Crippen molar-refractivity contribution in [3.63, 3.8) is 0 Å². The molecule has 26 heavy (non-hydrogen) atoms. The third-order valence-corrected chi connectivity index (χ3v) is 8.01. The standard InChI is InChI=1S/C23H32N2O/c1-21-11-17-12-22(14-21,18-5-3-2-4-6-18)16-23(13-17,15-21)20(26)25-9-7-19(24)8-10-25/h2-6,17,19H,7-16,24H2,1H3/t17?,21-,22-,23?/m0/s1. The molecule has 0 spiro atoms. The van der Waals surface area contributed by atoms with Gasteiger partial charge in [0.1, 0.15) is 0 Å². The Balaban J connectivity index is 1.51. The Hall–Kier alpha value is -1.35. The van der Waals surface area contributed by atoms with Crippen molar-refractivity contribution in [2.45, 2.75) is 69.7 Å². The molecule has 4 aliphatic carbocycles. The van der Waals surface area contributed by atoms with Crippen LogP contribution in [0.5, 0.6) is 0 Å². The number of carbonyl (C=O) groups is 1. The minimum Gasteiger partial charge on any atom is -0.342 e. The minimum atomic E-state index is -0.120. The molecule has 0 aromatic heterocycles. The highest BCUT2D eigenvalue weighted by Crippen LogP contribution is 2.70. The highest BCUT2D eigenvalue weighted by Gasteiger charge is 2.65. The van der Waals surface area contributed by atoms with E-state index in [0.717, 1.165) is 45.2 Å². The number of carbonyl (C=O) groups excluding carboxylic acids is 1. The van der Waals surface area contributed by atoms with Crippen molar-refractivity contribution in [3.05, 3.63) is 35.9 Å². The lowest BCUT2D eigenvalue weighted by Crippen LogP contribution is -2.63. The van der Waals surface area contributed by atoms with Crippen molar-refractivity contribution >= 4 is 5.91 Å². The number of rotatable bonds is 2. The van der Waals surface area contributed by atoms with Crippen LogP contribution in [0.3, 0.4) is 0 Å². The van der Waals surface area contributed by atoms with Crippen molar-refractivity contribution in [1.29, 1.82) is 0 Å². The van der Waals surface area contributed by atoms with Gasteiger partial charge < -0.3 is 10.6 Å². The van der Waals surface area contributed by atoms with E-state index < -0.39 is 0 Å². The summed E-state index contributed by atoms with van der Waals surface area (Å²) >= 11 is 0. The second-order valence-electron chi connectivity index (χ2n) is 10.4. The van der Waals surface area contributed by atoms with Crippen LogP contribution < -0.4 is 5.73 Å². The van der Waals surface area contributed by atoms with Crippen LogP contribution >= 0.6 is 0 Å². The molecule has 1 aliphatic heterocycles. The summed E-state index contributed by atoms with van der Waals surface area (Å²) < 4.78 is 0. The number of benzene rings is 1.